The van der Waals surface area contributed by atoms with E-state index >= 15 is 0 Å². The Hall–Kier alpha value is -1.82. The Kier molecular flexibility index (Phi) is 6.42. The van der Waals surface area contributed by atoms with E-state index in [0.717, 1.165) is 12.1 Å². The second kappa shape index (κ2) is 7.83. The molecule has 0 aromatic heterocycles. The highest BCUT2D eigenvalue weighted by Gasteiger charge is 2.17. The van der Waals surface area contributed by atoms with Gasteiger partial charge in [0, 0.05) is 31.6 Å². The number of carbonyl (C=O) groups is 2. The van der Waals surface area contributed by atoms with Crippen molar-refractivity contribution >= 4 is 11.7 Å². The second-order valence-electron chi connectivity index (χ2n) is 5.06. The third kappa shape index (κ3) is 5.23. The van der Waals surface area contributed by atoms with Crippen LogP contribution in [0.3, 0.4) is 0 Å². The van der Waals surface area contributed by atoms with Gasteiger partial charge in [0.05, 0.1) is 5.56 Å². The fraction of sp³-hybridized carbons (Fsp3) is 0.467. The van der Waals surface area contributed by atoms with Crippen molar-refractivity contribution < 1.29 is 23.5 Å². The number of ketones is 1. The first-order valence-electron chi connectivity index (χ1n) is 6.73. The van der Waals surface area contributed by atoms with Crippen LogP contribution in [0.2, 0.25) is 0 Å². The quantitative estimate of drug-likeness (QED) is 0.757. The molecular formula is C15H19F2NO3. The third-order valence-corrected chi connectivity index (χ3v) is 3.34. The molecule has 6 heteroatoms. The van der Waals surface area contributed by atoms with Crippen molar-refractivity contribution in [3.8, 4) is 0 Å². The molecule has 0 saturated heterocycles. The molecule has 2 N–H and O–H groups in total. The van der Waals surface area contributed by atoms with Crippen LogP contribution in [0.25, 0.3) is 0 Å². The van der Waals surface area contributed by atoms with E-state index in [9.17, 15) is 18.4 Å². The van der Waals surface area contributed by atoms with Gasteiger partial charge in [-0.25, -0.2) is 8.78 Å². The summed E-state index contributed by atoms with van der Waals surface area (Å²) in [5.74, 6) is -2.68. The molecule has 1 rings (SSSR count). The highest BCUT2D eigenvalue weighted by molar-refractivity contribution is 5.98. The lowest BCUT2D eigenvalue weighted by Gasteiger charge is -2.19. The van der Waals surface area contributed by atoms with E-state index in [1.165, 1.54) is 0 Å². The van der Waals surface area contributed by atoms with Crippen LogP contribution in [0.15, 0.2) is 18.2 Å². The predicted octanol–water partition coefficient (Wildman–Crippen LogP) is 2.06. The van der Waals surface area contributed by atoms with Gasteiger partial charge >= 0.3 is 0 Å². The highest BCUT2D eigenvalue weighted by Crippen LogP contribution is 2.13. The van der Waals surface area contributed by atoms with Gasteiger partial charge in [-0.05, 0) is 25.0 Å². The van der Waals surface area contributed by atoms with Crippen molar-refractivity contribution in [1.82, 2.24) is 5.32 Å². The molecule has 21 heavy (non-hydrogen) atoms. The number of hydrogen-bond donors (Lipinski definition) is 2. The standard InChI is InChI=1S/C15H19F2NO3/c1-9(8-19)10(2)18-15(21)6-5-14(20)12-4-3-11(16)7-13(12)17/h3-4,7,9-10,19H,5-6,8H2,1-2H3,(H,18,21). The van der Waals surface area contributed by atoms with E-state index < -0.39 is 17.4 Å². The molecule has 0 bridgehead atoms. The van der Waals surface area contributed by atoms with Crippen LogP contribution in [-0.4, -0.2) is 29.4 Å². The molecule has 0 spiro atoms. The number of halogens is 2. The Labute approximate surface area is 122 Å². The minimum atomic E-state index is -0.928. The van der Waals surface area contributed by atoms with Gasteiger partial charge in [0.25, 0.3) is 0 Å². The Morgan fingerprint density at radius 2 is 1.90 bits per heavy atom. The van der Waals surface area contributed by atoms with Gasteiger partial charge in [-0.2, -0.15) is 0 Å². The summed E-state index contributed by atoms with van der Waals surface area (Å²) in [6, 6.07) is 2.49. The normalized spacial score (nSPS) is 13.6. The number of amides is 1. The van der Waals surface area contributed by atoms with Crippen LogP contribution in [0.1, 0.15) is 37.0 Å². The SMILES string of the molecule is CC(CO)C(C)NC(=O)CCC(=O)c1ccc(F)cc1F. The molecular weight excluding hydrogens is 280 g/mol. The number of aliphatic hydroxyl groups excluding tert-OH is 1. The van der Waals surface area contributed by atoms with Crippen LogP contribution >= 0.6 is 0 Å². The van der Waals surface area contributed by atoms with E-state index in [-0.39, 0.29) is 42.9 Å². The number of aliphatic hydroxyl groups is 1. The van der Waals surface area contributed by atoms with Crippen molar-refractivity contribution in [3.05, 3.63) is 35.4 Å². The number of Topliss-reactive ketones (excluding diaryl/α,β-unsaturated/α-hetero) is 1. The molecule has 2 atom stereocenters. The molecule has 0 heterocycles. The molecule has 0 radical (unpaired) electrons. The minimum Gasteiger partial charge on any atom is -0.396 e. The summed E-state index contributed by atoms with van der Waals surface area (Å²) in [6.45, 7) is 3.48. The zero-order chi connectivity index (χ0) is 16.0. The molecule has 1 amide bonds. The fourth-order valence-corrected chi connectivity index (χ4v) is 1.70. The smallest absolute Gasteiger partial charge is 0.220 e. The Morgan fingerprint density at radius 1 is 1.24 bits per heavy atom. The van der Waals surface area contributed by atoms with Crippen LogP contribution in [0, 0.1) is 17.6 Å². The third-order valence-electron chi connectivity index (χ3n) is 3.34. The van der Waals surface area contributed by atoms with E-state index in [2.05, 4.69) is 5.32 Å². The van der Waals surface area contributed by atoms with E-state index in [4.69, 9.17) is 5.11 Å². The summed E-state index contributed by atoms with van der Waals surface area (Å²) in [7, 11) is 0. The molecule has 0 aliphatic heterocycles. The summed E-state index contributed by atoms with van der Waals surface area (Å²) in [5, 5.41) is 11.6. The van der Waals surface area contributed by atoms with Crippen molar-refractivity contribution in [2.24, 2.45) is 5.92 Å². The molecule has 0 aliphatic carbocycles. The Balaban J connectivity index is 2.51. The molecule has 0 aliphatic rings. The highest BCUT2D eigenvalue weighted by atomic mass is 19.1. The average molecular weight is 299 g/mol. The summed E-state index contributed by atoms with van der Waals surface area (Å²) in [4.78, 5) is 23.4. The molecule has 1 aromatic carbocycles. The van der Waals surface area contributed by atoms with Crippen LogP contribution in [0.5, 0.6) is 0 Å². The first-order chi connectivity index (χ1) is 9.85. The monoisotopic (exact) mass is 299 g/mol. The average Bonchev–Trinajstić information content (AvgIpc) is 2.43. The van der Waals surface area contributed by atoms with Crippen LogP contribution < -0.4 is 5.32 Å². The maximum absolute atomic E-state index is 13.4. The topological polar surface area (TPSA) is 66.4 Å². The van der Waals surface area contributed by atoms with Gasteiger partial charge in [0.15, 0.2) is 5.78 Å². The van der Waals surface area contributed by atoms with Crippen LogP contribution in [0.4, 0.5) is 8.78 Å². The van der Waals surface area contributed by atoms with E-state index in [1.807, 2.05) is 0 Å². The summed E-state index contributed by atoms with van der Waals surface area (Å²) in [5.41, 5.74) is -0.221. The number of nitrogens with one attached hydrogen (secondary N) is 1. The second-order valence-corrected chi connectivity index (χ2v) is 5.06. The molecule has 4 nitrogen and oxygen atoms in total. The number of rotatable bonds is 7. The van der Waals surface area contributed by atoms with E-state index in [1.54, 1.807) is 13.8 Å². The number of carbonyl (C=O) groups excluding carboxylic acids is 2. The van der Waals surface area contributed by atoms with Gasteiger partial charge in [0.2, 0.25) is 5.91 Å². The Bertz CT molecular complexity index is 520. The summed E-state index contributed by atoms with van der Waals surface area (Å²) >= 11 is 0. The van der Waals surface area contributed by atoms with Crippen molar-refractivity contribution in [3.63, 3.8) is 0 Å². The molecule has 1 aromatic rings. The maximum atomic E-state index is 13.4. The molecule has 0 fully saturated rings. The maximum Gasteiger partial charge on any atom is 0.220 e. The fourth-order valence-electron chi connectivity index (χ4n) is 1.70. The number of hydrogen-bond acceptors (Lipinski definition) is 3. The molecule has 2 unspecified atom stereocenters. The van der Waals surface area contributed by atoms with Gasteiger partial charge in [-0.1, -0.05) is 6.92 Å². The lowest BCUT2D eigenvalue weighted by atomic mass is 10.0. The minimum absolute atomic E-state index is 0.0544. The van der Waals surface area contributed by atoms with Gasteiger partial charge < -0.3 is 10.4 Å². The van der Waals surface area contributed by atoms with Crippen molar-refractivity contribution in [1.29, 1.82) is 0 Å². The molecule has 116 valence electrons. The zero-order valence-electron chi connectivity index (χ0n) is 12.0. The first kappa shape index (κ1) is 17.2. The Morgan fingerprint density at radius 3 is 2.48 bits per heavy atom. The largest absolute Gasteiger partial charge is 0.396 e. The summed E-state index contributed by atoms with van der Waals surface area (Å²) < 4.78 is 26.1. The zero-order valence-corrected chi connectivity index (χ0v) is 12.0. The first-order valence-corrected chi connectivity index (χ1v) is 6.73. The van der Waals surface area contributed by atoms with Gasteiger partial charge in [-0.15, -0.1) is 0 Å². The number of benzene rings is 1. The van der Waals surface area contributed by atoms with Crippen molar-refractivity contribution in [2.75, 3.05) is 6.61 Å². The van der Waals surface area contributed by atoms with Crippen LogP contribution in [-0.2, 0) is 4.79 Å². The van der Waals surface area contributed by atoms with Gasteiger partial charge in [-0.3, -0.25) is 9.59 Å². The van der Waals surface area contributed by atoms with Gasteiger partial charge in [0.1, 0.15) is 11.6 Å². The summed E-state index contributed by atoms with van der Waals surface area (Å²) in [6.07, 6.45) is -0.243. The lowest BCUT2D eigenvalue weighted by molar-refractivity contribution is -0.122. The predicted molar refractivity (Wildman–Crippen MR) is 73.8 cm³/mol. The van der Waals surface area contributed by atoms with E-state index in [0.29, 0.717) is 6.07 Å². The molecule has 0 saturated carbocycles. The van der Waals surface area contributed by atoms with Crippen molar-refractivity contribution in [2.45, 2.75) is 32.7 Å². The lowest BCUT2D eigenvalue weighted by Crippen LogP contribution is -2.38.